The summed E-state index contributed by atoms with van der Waals surface area (Å²) in [6, 6.07) is 8.40. The highest BCUT2D eigenvalue weighted by Crippen LogP contribution is 2.36. The number of piperidine rings is 1. The maximum Gasteiger partial charge on any atom is 0.226 e. The fraction of sp³-hybridized carbons (Fsp3) is 0.682. The van der Waals surface area contributed by atoms with E-state index in [0.29, 0.717) is 12.5 Å². The number of rotatable bonds is 6. The molecule has 0 aliphatic carbocycles. The lowest BCUT2D eigenvalue weighted by Gasteiger charge is -2.48. The first kappa shape index (κ1) is 20.2. The summed E-state index contributed by atoms with van der Waals surface area (Å²) in [7, 11) is 1.65. The average Bonchev–Trinajstić information content (AvgIpc) is 2.70. The third-order valence-electron chi connectivity index (χ3n) is 6.31. The summed E-state index contributed by atoms with van der Waals surface area (Å²) in [4.78, 5) is 17.3. The van der Waals surface area contributed by atoms with Gasteiger partial charge >= 0.3 is 0 Å². The second-order valence-electron chi connectivity index (χ2n) is 7.81. The first-order chi connectivity index (χ1) is 13.1. The van der Waals surface area contributed by atoms with Crippen LogP contribution in [0.4, 0.5) is 0 Å². The molecule has 5 nitrogen and oxygen atoms in total. The Morgan fingerprint density at radius 1 is 1.30 bits per heavy atom. The van der Waals surface area contributed by atoms with Crippen molar-refractivity contribution in [2.24, 2.45) is 0 Å². The van der Waals surface area contributed by atoms with Crippen LogP contribution in [-0.4, -0.2) is 67.2 Å². The van der Waals surface area contributed by atoms with Crippen LogP contribution in [-0.2, 0) is 16.0 Å². The Labute approximate surface area is 163 Å². The summed E-state index contributed by atoms with van der Waals surface area (Å²) < 4.78 is 11.5. The second-order valence-corrected chi connectivity index (χ2v) is 7.81. The Hall–Kier alpha value is -1.59. The van der Waals surface area contributed by atoms with Gasteiger partial charge in [0.05, 0.1) is 19.1 Å². The van der Waals surface area contributed by atoms with Crippen molar-refractivity contribution in [3.05, 3.63) is 29.8 Å². The van der Waals surface area contributed by atoms with E-state index in [0.717, 1.165) is 69.8 Å². The molecule has 0 radical (unpaired) electrons. The average molecular weight is 375 g/mol. The van der Waals surface area contributed by atoms with Crippen molar-refractivity contribution in [2.75, 3.05) is 39.9 Å². The number of hydrogen-bond acceptors (Lipinski definition) is 4. The Morgan fingerprint density at radius 3 is 2.70 bits per heavy atom. The normalized spacial score (nSPS) is 22.2. The SMILES string of the molecule is CCN(CC)C1CCOC2(CCN(C(=O)Cc3cccc(OC)c3)CC2)C1. The maximum atomic E-state index is 12.7. The lowest BCUT2D eigenvalue weighted by Crippen LogP contribution is -2.54. The van der Waals surface area contributed by atoms with Crippen molar-refractivity contribution >= 4 is 5.91 Å². The number of hydrogen-bond donors (Lipinski definition) is 0. The monoisotopic (exact) mass is 374 g/mol. The van der Waals surface area contributed by atoms with Crippen LogP contribution in [0.25, 0.3) is 0 Å². The largest absolute Gasteiger partial charge is 0.497 e. The number of likely N-dealkylation sites (tertiary alicyclic amines) is 1. The van der Waals surface area contributed by atoms with Gasteiger partial charge in [0.15, 0.2) is 0 Å². The van der Waals surface area contributed by atoms with Crippen LogP contribution in [0.15, 0.2) is 24.3 Å². The molecule has 1 aromatic rings. The fourth-order valence-electron chi connectivity index (χ4n) is 4.63. The molecule has 27 heavy (non-hydrogen) atoms. The molecule has 5 heteroatoms. The van der Waals surface area contributed by atoms with Gasteiger partial charge in [0.2, 0.25) is 5.91 Å². The summed E-state index contributed by atoms with van der Waals surface area (Å²) in [6.07, 6.45) is 4.57. The number of amides is 1. The van der Waals surface area contributed by atoms with E-state index >= 15 is 0 Å². The highest BCUT2D eigenvalue weighted by molar-refractivity contribution is 5.79. The van der Waals surface area contributed by atoms with Crippen LogP contribution < -0.4 is 4.74 Å². The third-order valence-corrected chi connectivity index (χ3v) is 6.31. The van der Waals surface area contributed by atoms with Gasteiger partial charge in [-0.15, -0.1) is 0 Å². The molecule has 2 aliphatic rings. The molecule has 2 saturated heterocycles. The molecule has 1 aromatic carbocycles. The van der Waals surface area contributed by atoms with Crippen molar-refractivity contribution in [3.63, 3.8) is 0 Å². The molecule has 2 heterocycles. The predicted molar refractivity (Wildman–Crippen MR) is 107 cm³/mol. The van der Waals surface area contributed by atoms with Gasteiger partial charge < -0.3 is 19.3 Å². The molecule has 0 N–H and O–H groups in total. The topological polar surface area (TPSA) is 42.0 Å². The first-order valence-corrected chi connectivity index (χ1v) is 10.4. The molecule has 0 saturated carbocycles. The van der Waals surface area contributed by atoms with E-state index in [1.165, 1.54) is 0 Å². The highest BCUT2D eigenvalue weighted by Gasteiger charge is 2.42. The van der Waals surface area contributed by atoms with Gasteiger partial charge in [-0.1, -0.05) is 26.0 Å². The minimum Gasteiger partial charge on any atom is -0.497 e. The summed E-state index contributed by atoms with van der Waals surface area (Å²) in [5, 5.41) is 0. The fourth-order valence-corrected chi connectivity index (χ4v) is 4.63. The van der Waals surface area contributed by atoms with Gasteiger partial charge in [0, 0.05) is 25.7 Å². The zero-order chi connectivity index (χ0) is 19.3. The van der Waals surface area contributed by atoms with E-state index in [1.807, 2.05) is 29.2 Å². The van der Waals surface area contributed by atoms with Crippen molar-refractivity contribution < 1.29 is 14.3 Å². The molecule has 3 rings (SSSR count). The molecule has 2 fully saturated rings. The standard InChI is InChI=1S/C22H34N2O3/c1-4-23(5-2)19-9-14-27-22(17-19)10-12-24(13-11-22)21(25)16-18-7-6-8-20(15-18)26-3/h6-8,15,19H,4-5,9-14,16-17H2,1-3H3. The molecular weight excluding hydrogens is 340 g/mol. The molecule has 2 aliphatic heterocycles. The minimum absolute atomic E-state index is 0.0295. The van der Waals surface area contributed by atoms with Gasteiger partial charge in [-0.3, -0.25) is 4.79 Å². The summed E-state index contributed by atoms with van der Waals surface area (Å²) in [6.45, 7) is 9.13. The second kappa shape index (κ2) is 9.07. The number of methoxy groups -OCH3 is 1. The molecule has 1 spiro atoms. The van der Waals surface area contributed by atoms with Gasteiger partial charge in [0.25, 0.3) is 0 Å². The molecule has 0 aromatic heterocycles. The number of benzene rings is 1. The van der Waals surface area contributed by atoms with E-state index in [1.54, 1.807) is 7.11 Å². The van der Waals surface area contributed by atoms with Crippen molar-refractivity contribution in [2.45, 2.75) is 57.6 Å². The molecule has 1 atom stereocenters. The first-order valence-electron chi connectivity index (χ1n) is 10.4. The van der Waals surface area contributed by atoms with Gasteiger partial charge in [-0.05, 0) is 56.5 Å². The van der Waals surface area contributed by atoms with Crippen LogP contribution in [0, 0.1) is 0 Å². The Bertz CT molecular complexity index is 622. The van der Waals surface area contributed by atoms with Crippen LogP contribution in [0.3, 0.4) is 0 Å². The van der Waals surface area contributed by atoms with Crippen LogP contribution in [0.5, 0.6) is 5.75 Å². The summed E-state index contributed by atoms with van der Waals surface area (Å²) in [5.74, 6) is 1.00. The third kappa shape index (κ3) is 4.82. The smallest absolute Gasteiger partial charge is 0.226 e. The zero-order valence-corrected chi connectivity index (χ0v) is 17.1. The number of carbonyl (C=O) groups is 1. The summed E-state index contributed by atoms with van der Waals surface area (Å²) in [5.41, 5.74) is 0.980. The van der Waals surface area contributed by atoms with E-state index < -0.39 is 0 Å². The molecule has 0 bridgehead atoms. The predicted octanol–water partition coefficient (Wildman–Crippen LogP) is 3.12. The number of nitrogens with zero attached hydrogens (tertiary/aromatic N) is 2. The van der Waals surface area contributed by atoms with Crippen LogP contribution in [0.2, 0.25) is 0 Å². The Kier molecular flexibility index (Phi) is 6.77. The van der Waals surface area contributed by atoms with E-state index in [2.05, 4.69) is 18.7 Å². The van der Waals surface area contributed by atoms with Crippen molar-refractivity contribution in [3.8, 4) is 5.75 Å². The van der Waals surface area contributed by atoms with Gasteiger partial charge in [-0.25, -0.2) is 0 Å². The zero-order valence-electron chi connectivity index (χ0n) is 17.1. The highest BCUT2D eigenvalue weighted by atomic mass is 16.5. The van der Waals surface area contributed by atoms with E-state index in [4.69, 9.17) is 9.47 Å². The lowest BCUT2D eigenvalue weighted by atomic mass is 9.81. The molecular formula is C22H34N2O3. The van der Waals surface area contributed by atoms with Gasteiger partial charge in [0.1, 0.15) is 5.75 Å². The van der Waals surface area contributed by atoms with Crippen LogP contribution in [0.1, 0.15) is 45.1 Å². The summed E-state index contributed by atoms with van der Waals surface area (Å²) >= 11 is 0. The number of ether oxygens (including phenoxy) is 2. The Balaban J connectivity index is 1.55. The number of carbonyl (C=O) groups excluding carboxylic acids is 1. The quantitative estimate of drug-likeness (QED) is 0.767. The van der Waals surface area contributed by atoms with Crippen LogP contribution >= 0.6 is 0 Å². The van der Waals surface area contributed by atoms with Crippen molar-refractivity contribution in [1.82, 2.24) is 9.80 Å². The van der Waals surface area contributed by atoms with Gasteiger partial charge in [-0.2, -0.15) is 0 Å². The molecule has 1 unspecified atom stereocenters. The van der Waals surface area contributed by atoms with E-state index in [9.17, 15) is 4.79 Å². The Morgan fingerprint density at radius 2 is 2.04 bits per heavy atom. The van der Waals surface area contributed by atoms with E-state index in [-0.39, 0.29) is 11.5 Å². The minimum atomic E-state index is -0.0295. The lowest BCUT2D eigenvalue weighted by molar-refractivity contribution is -0.148. The van der Waals surface area contributed by atoms with Crippen molar-refractivity contribution in [1.29, 1.82) is 0 Å². The molecule has 150 valence electrons. The maximum absolute atomic E-state index is 12.7. The molecule has 1 amide bonds.